The summed E-state index contributed by atoms with van der Waals surface area (Å²) in [5.41, 5.74) is 1.94. The van der Waals surface area contributed by atoms with Crippen LogP contribution in [-0.4, -0.2) is 15.1 Å². The first-order valence-corrected chi connectivity index (χ1v) is 8.49. The molecule has 0 saturated heterocycles. The first kappa shape index (κ1) is 20.8. The normalized spacial score (nSPS) is 10.4. The molecular formula is C19H22BrN3O2. The van der Waals surface area contributed by atoms with Gasteiger partial charge in [-0.2, -0.15) is 5.26 Å². The van der Waals surface area contributed by atoms with Gasteiger partial charge < -0.3 is 9.52 Å². The minimum absolute atomic E-state index is 0.510. The molecule has 0 bridgehead atoms. The summed E-state index contributed by atoms with van der Waals surface area (Å²) < 4.78 is 6.16. The van der Waals surface area contributed by atoms with Crippen molar-refractivity contribution in [3.63, 3.8) is 0 Å². The molecule has 0 aliphatic heterocycles. The van der Waals surface area contributed by atoms with Gasteiger partial charge in [0, 0.05) is 24.3 Å². The summed E-state index contributed by atoms with van der Waals surface area (Å²) in [5.74, 6) is 0.510. The molecule has 1 N–H and O–H groups in total. The summed E-state index contributed by atoms with van der Waals surface area (Å²) in [7, 11) is 0. The van der Waals surface area contributed by atoms with E-state index in [0.717, 1.165) is 24.0 Å². The fourth-order valence-corrected chi connectivity index (χ4v) is 2.38. The monoisotopic (exact) mass is 403 g/mol. The molecule has 2 rings (SSSR count). The number of nitrogens with zero attached hydrogens (tertiary/aromatic N) is 3. The third-order valence-electron chi connectivity index (χ3n) is 3.20. The fourth-order valence-electron chi connectivity index (χ4n) is 1.91. The molecule has 5 nitrogen and oxygen atoms in total. The van der Waals surface area contributed by atoms with Crippen LogP contribution in [0.2, 0.25) is 0 Å². The summed E-state index contributed by atoms with van der Waals surface area (Å²) in [4.78, 5) is 8.76. The highest BCUT2D eigenvalue weighted by atomic mass is 79.9. The molecule has 2 aromatic heterocycles. The molecule has 0 spiro atoms. The molecule has 2 aromatic rings. The third kappa shape index (κ3) is 5.96. The van der Waals surface area contributed by atoms with Gasteiger partial charge in [-0.25, -0.2) is 4.98 Å². The molecule has 0 aromatic carbocycles. The SMILES string of the molecule is C=CCCC(=C)c1nc(-c2ccc(C(C)(C)O)nc2)c(Br)o1.CC#N. The van der Waals surface area contributed by atoms with Crippen molar-refractivity contribution in [2.45, 2.75) is 39.2 Å². The van der Waals surface area contributed by atoms with Crippen LogP contribution < -0.4 is 0 Å². The second-order valence-corrected chi connectivity index (χ2v) is 6.51. The smallest absolute Gasteiger partial charge is 0.223 e. The molecule has 0 radical (unpaired) electrons. The molecule has 0 atom stereocenters. The van der Waals surface area contributed by atoms with Gasteiger partial charge in [0.2, 0.25) is 5.89 Å². The van der Waals surface area contributed by atoms with E-state index in [2.05, 4.69) is 39.1 Å². The number of rotatable bonds is 6. The molecule has 2 heterocycles. The van der Waals surface area contributed by atoms with Gasteiger partial charge >= 0.3 is 0 Å². The second-order valence-electron chi connectivity index (χ2n) is 5.79. The maximum absolute atomic E-state index is 9.94. The lowest BCUT2D eigenvalue weighted by molar-refractivity contribution is 0.0739. The molecule has 0 aliphatic rings. The van der Waals surface area contributed by atoms with E-state index in [4.69, 9.17) is 9.68 Å². The average Bonchev–Trinajstić information content (AvgIpc) is 2.94. The van der Waals surface area contributed by atoms with Crippen LogP contribution in [0.25, 0.3) is 16.8 Å². The van der Waals surface area contributed by atoms with Crippen molar-refractivity contribution in [2.75, 3.05) is 0 Å². The van der Waals surface area contributed by atoms with Crippen molar-refractivity contribution in [1.82, 2.24) is 9.97 Å². The predicted molar refractivity (Wildman–Crippen MR) is 102 cm³/mol. The van der Waals surface area contributed by atoms with Crippen molar-refractivity contribution in [3.05, 3.63) is 53.8 Å². The zero-order valence-corrected chi connectivity index (χ0v) is 16.3. The molecule has 0 aliphatic carbocycles. The predicted octanol–water partition coefficient (Wildman–Crippen LogP) is 5.24. The van der Waals surface area contributed by atoms with E-state index in [1.807, 2.05) is 12.1 Å². The Labute approximate surface area is 156 Å². The van der Waals surface area contributed by atoms with Crippen LogP contribution in [0.1, 0.15) is 45.2 Å². The number of hydrogen-bond acceptors (Lipinski definition) is 5. The molecule has 0 unspecified atom stereocenters. The van der Waals surface area contributed by atoms with Crippen LogP contribution in [0.5, 0.6) is 0 Å². The van der Waals surface area contributed by atoms with Crippen LogP contribution in [0, 0.1) is 11.3 Å². The van der Waals surface area contributed by atoms with Crippen LogP contribution in [0.15, 0.2) is 46.7 Å². The van der Waals surface area contributed by atoms with Crippen LogP contribution in [0.3, 0.4) is 0 Å². The Morgan fingerprint density at radius 2 is 2.12 bits per heavy atom. The molecule has 6 heteroatoms. The standard InChI is InChI=1S/C17H19BrN2O2.C2H3N/c1-5-6-7-11(2)16-20-14(15(18)22-16)12-8-9-13(19-10-12)17(3,4)21;1-2-3/h5,8-10,21H,1-2,6-7H2,3-4H3;1H3. The number of oxazole rings is 1. The summed E-state index contributed by atoms with van der Waals surface area (Å²) in [6.45, 7) is 12.5. The summed E-state index contributed by atoms with van der Waals surface area (Å²) in [6, 6.07) is 5.39. The van der Waals surface area contributed by atoms with Crippen molar-refractivity contribution in [1.29, 1.82) is 5.26 Å². The first-order chi connectivity index (χ1) is 11.7. The maximum atomic E-state index is 9.94. The van der Waals surface area contributed by atoms with Crippen molar-refractivity contribution in [2.24, 2.45) is 0 Å². The second kappa shape index (κ2) is 9.30. The number of hydrogen-bond donors (Lipinski definition) is 1. The molecule has 0 amide bonds. The van der Waals surface area contributed by atoms with Crippen LogP contribution in [-0.2, 0) is 5.60 Å². The largest absolute Gasteiger partial charge is 0.429 e. The van der Waals surface area contributed by atoms with Gasteiger partial charge in [0.15, 0.2) is 4.67 Å². The quantitative estimate of drug-likeness (QED) is 0.666. The highest BCUT2D eigenvalue weighted by molar-refractivity contribution is 9.10. The molecule has 132 valence electrons. The Balaban J connectivity index is 0.000000970. The van der Waals surface area contributed by atoms with Crippen molar-refractivity contribution in [3.8, 4) is 17.3 Å². The van der Waals surface area contributed by atoms with Crippen molar-refractivity contribution >= 4 is 21.5 Å². The third-order valence-corrected chi connectivity index (χ3v) is 3.74. The van der Waals surface area contributed by atoms with Crippen LogP contribution in [0.4, 0.5) is 0 Å². The lowest BCUT2D eigenvalue weighted by Gasteiger charge is -2.16. The number of aromatic nitrogens is 2. The van der Waals surface area contributed by atoms with Crippen molar-refractivity contribution < 1.29 is 9.52 Å². The molecular weight excluding hydrogens is 382 g/mol. The Hall–Kier alpha value is -2.23. The Kier molecular flexibility index (Phi) is 7.75. The van der Waals surface area contributed by atoms with Gasteiger partial charge in [0.25, 0.3) is 0 Å². The van der Waals surface area contributed by atoms with Gasteiger partial charge in [-0.05, 0) is 54.8 Å². The Morgan fingerprint density at radius 3 is 2.60 bits per heavy atom. The molecule has 0 fully saturated rings. The van der Waals surface area contributed by atoms with Gasteiger partial charge in [0.05, 0.1) is 11.8 Å². The topological polar surface area (TPSA) is 82.9 Å². The Morgan fingerprint density at radius 1 is 1.48 bits per heavy atom. The lowest BCUT2D eigenvalue weighted by Crippen LogP contribution is -2.17. The summed E-state index contributed by atoms with van der Waals surface area (Å²) in [6.07, 6.45) is 5.09. The minimum Gasteiger partial charge on any atom is -0.429 e. The van der Waals surface area contributed by atoms with Gasteiger partial charge in [-0.3, -0.25) is 4.98 Å². The zero-order chi connectivity index (χ0) is 19.0. The minimum atomic E-state index is -0.969. The van der Waals surface area contributed by atoms with E-state index in [1.165, 1.54) is 6.92 Å². The van der Waals surface area contributed by atoms with E-state index >= 15 is 0 Å². The molecule has 0 saturated carbocycles. The van der Waals surface area contributed by atoms with E-state index in [1.54, 1.807) is 32.2 Å². The van der Waals surface area contributed by atoms with E-state index in [-0.39, 0.29) is 0 Å². The summed E-state index contributed by atoms with van der Waals surface area (Å²) >= 11 is 3.38. The fraction of sp³-hybridized carbons (Fsp3) is 0.316. The van der Waals surface area contributed by atoms with Gasteiger partial charge in [0.1, 0.15) is 11.3 Å². The Bertz CT molecular complexity index is 765. The van der Waals surface area contributed by atoms with E-state index < -0.39 is 5.60 Å². The highest BCUT2D eigenvalue weighted by Gasteiger charge is 2.19. The zero-order valence-electron chi connectivity index (χ0n) is 14.7. The number of aliphatic hydroxyl groups is 1. The summed E-state index contributed by atoms with van der Waals surface area (Å²) in [5, 5.41) is 17.3. The van der Waals surface area contributed by atoms with E-state index in [9.17, 15) is 5.11 Å². The van der Waals surface area contributed by atoms with Gasteiger partial charge in [-0.1, -0.05) is 12.7 Å². The molecule has 25 heavy (non-hydrogen) atoms. The van der Waals surface area contributed by atoms with Gasteiger partial charge in [-0.15, -0.1) is 6.58 Å². The number of pyridine rings is 1. The number of halogens is 1. The van der Waals surface area contributed by atoms with E-state index in [0.29, 0.717) is 21.9 Å². The lowest BCUT2D eigenvalue weighted by atomic mass is 10.0. The average molecular weight is 404 g/mol. The highest BCUT2D eigenvalue weighted by Crippen LogP contribution is 2.32. The number of nitriles is 1. The first-order valence-electron chi connectivity index (χ1n) is 7.70. The van der Waals surface area contributed by atoms with Crippen LogP contribution >= 0.6 is 15.9 Å². The number of allylic oxidation sites excluding steroid dienone is 2. The maximum Gasteiger partial charge on any atom is 0.223 e.